The lowest BCUT2D eigenvalue weighted by Crippen LogP contribution is -2.20. The molecule has 0 bridgehead atoms. The van der Waals surface area contributed by atoms with Crippen molar-refractivity contribution in [2.24, 2.45) is 0 Å². The second kappa shape index (κ2) is 7.07. The minimum Gasteiger partial charge on any atom is -0.393 e. The smallest absolute Gasteiger partial charge is 0.393 e. The number of hydrogen-bond acceptors (Lipinski definition) is 2. The molecule has 108 valence electrons. The van der Waals surface area contributed by atoms with E-state index in [4.69, 9.17) is 11.6 Å². The van der Waals surface area contributed by atoms with Gasteiger partial charge in [-0.3, -0.25) is 0 Å². The first-order chi connectivity index (χ1) is 8.78. The minimum atomic E-state index is -4.38. The van der Waals surface area contributed by atoms with E-state index in [0.29, 0.717) is 0 Å². The van der Waals surface area contributed by atoms with Crippen LogP contribution in [0.2, 0.25) is 5.02 Å². The fourth-order valence-electron chi connectivity index (χ4n) is 1.45. The summed E-state index contributed by atoms with van der Waals surface area (Å²) < 4.78 is 53.0. The first-order valence-corrected chi connectivity index (χ1v) is 5.92. The molecule has 0 aliphatic heterocycles. The normalized spacial score (nSPS) is 13.6. The zero-order valence-electron chi connectivity index (χ0n) is 9.88. The molecule has 0 saturated heterocycles. The average molecular weight is 301 g/mol. The van der Waals surface area contributed by atoms with E-state index in [1.54, 1.807) is 0 Å². The Bertz CT molecular complexity index is 409. The van der Waals surface area contributed by atoms with E-state index in [9.17, 15) is 22.7 Å². The minimum absolute atomic E-state index is 0.00161. The van der Waals surface area contributed by atoms with E-state index >= 15 is 0 Å². The van der Waals surface area contributed by atoms with E-state index in [1.165, 1.54) is 12.1 Å². The number of ether oxygens (including phenoxy) is 1. The van der Waals surface area contributed by atoms with Crippen molar-refractivity contribution in [2.45, 2.75) is 25.1 Å². The lowest BCUT2D eigenvalue weighted by atomic mass is 10.1. The van der Waals surface area contributed by atoms with E-state index in [-0.39, 0.29) is 30.0 Å². The van der Waals surface area contributed by atoms with Gasteiger partial charge in [-0.25, -0.2) is 4.39 Å². The Hall–Kier alpha value is -0.850. The molecule has 1 rings (SSSR count). The van der Waals surface area contributed by atoms with Gasteiger partial charge in [0, 0.05) is 18.1 Å². The summed E-state index contributed by atoms with van der Waals surface area (Å²) in [4.78, 5) is 0. The van der Waals surface area contributed by atoms with Crippen molar-refractivity contribution in [3.63, 3.8) is 0 Å². The Balaban J connectivity index is 2.33. The van der Waals surface area contributed by atoms with Gasteiger partial charge in [-0.05, 0) is 24.1 Å². The summed E-state index contributed by atoms with van der Waals surface area (Å²) in [5.74, 6) is -0.553. The number of benzene rings is 1. The van der Waals surface area contributed by atoms with Gasteiger partial charge in [0.05, 0.1) is 6.10 Å². The second-order valence-electron chi connectivity index (χ2n) is 4.05. The molecule has 2 nitrogen and oxygen atoms in total. The summed E-state index contributed by atoms with van der Waals surface area (Å²) in [5.41, 5.74) is 0.257. The number of aliphatic hydroxyl groups is 1. The van der Waals surface area contributed by atoms with Crippen molar-refractivity contribution < 1.29 is 27.4 Å². The largest absolute Gasteiger partial charge is 0.411 e. The molecular formula is C12H13ClF4O2. The lowest BCUT2D eigenvalue weighted by molar-refractivity contribution is -0.175. The number of alkyl halides is 3. The Kier molecular flexibility index (Phi) is 6.03. The van der Waals surface area contributed by atoms with Crippen LogP contribution in [0, 0.1) is 5.82 Å². The zero-order chi connectivity index (χ0) is 14.5. The molecule has 0 aromatic heterocycles. The standard InChI is InChI=1S/C12H13ClF4O2/c13-9-2-1-8(11(14)6-9)5-10(18)3-4-19-7-12(15,16)17/h1-2,6,10,18H,3-5,7H2. The fourth-order valence-corrected chi connectivity index (χ4v) is 1.61. The molecule has 7 heteroatoms. The van der Waals surface area contributed by atoms with Gasteiger partial charge >= 0.3 is 6.18 Å². The van der Waals surface area contributed by atoms with Gasteiger partial charge < -0.3 is 9.84 Å². The maximum atomic E-state index is 13.4. The van der Waals surface area contributed by atoms with Crippen LogP contribution in [0.5, 0.6) is 0 Å². The molecule has 0 aliphatic carbocycles. The molecule has 0 radical (unpaired) electrons. The Morgan fingerprint density at radius 1 is 1.32 bits per heavy atom. The molecular weight excluding hydrogens is 288 g/mol. The average Bonchev–Trinajstić information content (AvgIpc) is 2.27. The lowest BCUT2D eigenvalue weighted by Gasteiger charge is -2.12. The molecule has 1 aromatic rings. The molecule has 0 aliphatic rings. The SMILES string of the molecule is OC(CCOCC(F)(F)F)Cc1ccc(Cl)cc1F. The molecule has 0 saturated carbocycles. The highest BCUT2D eigenvalue weighted by Gasteiger charge is 2.27. The van der Waals surface area contributed by atoms with Gasteiger partial charge in [0.1, 0.15) is 12.4 Å². The maximum absolute atomic E-state index is 13.4. The van der Waals surface area contributed by atoms with Crippen molar-refractivity contribution in [2.75, 3.05) is 13.2 Å². The molecule has 1 unspecified atom stereocenters. The molecule has 0 spiro atoms. The van der Waals surface area contributed by atoms with Crippen LogP contribution in [0.25, 0.3) is 0 Å². The van der Waals surface area contributed by atoms with Crippen LogP contribution < -0.4 is 0 Å². The molecule has 0 fully saturated rings. The third-order valence-electron chi connectivity index (χ3n) is 2.33. The molecule has 19 heavy (non-hydrogen) atoms. The topological polar surface area (TPSA) is 29.5 Å². The monoisotopic (exact) mass is 300 g/mol. The van der Waals surface area contributed by atoms with Crippen LogP contribution in [0.1, 0.15) is 12.0 Å². The third kappa shape index (κ3) is 6.75. The van der Waals surface area contributed by atoms with E-state index < -0.39 is 24.7 Å². The van der Waals surface area contributed by atoms with Crippen molar-refractivity contribution >= 4 is 11.6 Å². The van der Waals surface area contributed by atoms with Gasteiger partial charge in [0.25, 0.3) is 0 Å². The molecule has 1 aromatic carbocycles. The van der Waals surface area contributed by atoms with Crippen LogP contribution in [0.4, 0.5) is 17.6 Å². The predicted molar refractivity (Wildman–Crippen MR) is 62.6 cm³/mol. The van der Waals surface area contributed by atoms with Gasteiger partial charge in [0.15, 0.2) is 0 Å². The molecule has 1 atom stereocenters. The Labute approximate surface area is 112 Å². The van der Waals surface area contributed by atoms with Crippen molar-refractivity contribution in [3.8, 4) is 0 Å². The highest BCUT2D eigenvalue weighted by molar-refractivity contribution is 6.30. The van der Waals surface area contributed by atoms with Gasteiger partial charge in [0.2, 0.25) is 0 Å². The van der Waals surface area contributed by atoms with Crippen LogP contribution in [0.15, 0.2) is 18.2 Å². The number of aliphatic hydroxyl groups excluding tert-OH is 1. The summed E-state index contributed by atoms with van der Waals surface area (Å²) in [6.45, 7) is -1.59. The Morgan fingerprint density at radius 3 is 2.58 bits per heavy atom. The summed E-state index contributed by atoms with van der Waals surface area (Å²) in [6, 6.07) is 4.02. The van der Waals surface area contributed by atoms with E-state index in [0.717, 1.165) is 6.07 Å². The summed E-state index contributed by atoms with van der Waals surface area (Å²) >= 11 is 5.57. The van der Waals surface area contributed by atoms with Crippen molar-refractivity contribution in [3.05, 3.63) is 34.6 Å². The second-order valence-corrected chi connectivity index (χ2v) is 4.49. The van der Waals surface area contributed by atoms with E-state index in [2.05, 4.69) is 4.74 Å². The molecule has 1 N–H and O–H groups in total. The highest BCUT2D eigenvalue weighted by Crippen LogP contribution is 2.17. The highest BCUT2D eigenvalue weighted by atomic mass is 35.5. The third-order valence-corrected chi connectivity index (χ3v) is 2.57. The summed E-state index contributed by atoms with van der Waals surface area (Å²) in [7, 11) is 0. The van der Waals surface area contributed by atoms with Gasteiger partial charge in [-0.2, -0.15) is 13.2 Å². The Morgan fingerprint density at radius 2 is 2.00 bits per heavy atom. The summed E-state index contributed by atoms with van der Waals surface area (Å²) in [6.07, 6.45) is -5.35. The van der Waals surface area contributed by atoms with Gasteiger partial charge in [-0.15, -0.1) is 0 Å². The molecule has 0 amide bonds. The first kappa shape index (κ1) is 16.2. The summed E-state index contributed by atoms with van der Waals surface area (Å²) in [5, 5.41) is 9.80. The quantitative estimate of drug-likeness (QED) is 0.645. The number of halogens is 5. The predicted octanol–water partition coefficient (Wildman–Crippen LogP) is 3.35. The fraction of sp³-hybridized carbons (Fsp3) is 0.500. The zero-order valence-corrected chi connectivity index (χ0v) is 10.6. The first-order valence-electron chi connectivity index (χ1n) is 5.54. The van der Waals surface area contributed by atoms with E-state index in [1.807, 2.05) is 0 Å². The van der Waals surface area contributed by atoms with Crippen LogP contribution >= 0.6 is 11.6 Å². The van der Waals surface area contributed by atoms with Crippen molar-refractivity contribution in [1.82, 2.24) is 0 Å². The van der Waals surface area contributed by atoms with Crippen LogP contribution in [-0.4, -0.2) is 30.6 Å². The van der Waals surface area contributed by atoms with Crippen LogP contribution in [0.3, 0.4) is 0 Å². The maximum Gasteiger partial charge on any atom is 0.411 e. The number of hydrogen-bond donors (Lipinski definition) is 1. The van der Waals surface area contributed by atoms with Gasteiger partial charge in [-0.1, -0.05) is 17.7 Å². The molecule has 0 heterocycles. The van der Waals surface area contributed by atoms with Crippen molar-refractivity contribution in [1.29, 1.82) is 0 Å². The van der Waals surface area contributed by atoms with Crippen LogP contribution in [-0.2, 0) is 11.2 Å². The number of rotatable bonds is 6.